The molecule has 2 nitrogen and oxygen atoms in total. The molecule has 0 saturated carbocycles. The molecule has 0 aromatic heterocycles. The minimum absolute atomic E-state index is 0.356. The predicted octanol–water partition coefficient (Wildman–Crippen LogP) is 3.55. The largest absolute Gasteiger partial charge is 0.507 e. The minimum atomic E-state index is 0.356. The van der Waals surface area contributed by atoms with E-state index in [1.54, 1.807) is 17.8 Å². The van der Waals surface area contributed by atoms with E-state index in [9.17, 15) is 5.11 Å². The van der Waals surface area contributed by atoms with Crippen LogP contribution in [0.2, 0.25) is 0 Å². The third-order valence-corrected chi connectivity index (χ3v) is 3.22. The molecular formula is C13H20O2S. The average Bonchev–Trinajstić information content (AvgIpc) is 2.25. The first-order chi connectivity index (χ1) is 7.70. The molecule has 0 saturated heterocycles. The molecule has 3 heteroatoms. The van der Waals surface area contributed by atoms with Crippen molar-refractivity contribution in [3.63, 3.8) is 0 Å². The van der Waals surface area contributed by atoms with E-state index in [1.165, 1.54) is 0 Å². The molecule has 0 spiro atoms. The molecule has 0 unspecified atom stereocenters. The lowest BCUT2D eigenvalue weighted by atomic mass is 10.1. The molecule has 0 aliphatic carbocycles. The predicted molar refractivity (Wildman–Crippen MR) is 69.1 cm³/mol. The molecule has 1 rings (SSSR count). The van der Waals surface area contributed by atoms with Crippen LogP contribution in [0.15, 0.2) is 29.2 Å². The maximum atomic E-state index is 9.52. The summed E-state index contributed by atoms with van der Waals surface area (Å²) >= 11 is 1.63. The summed E-state index contributed by atoms with van der Waals surface area (Å²) in [5.74, 6) is 1.94. The quantitative estimate of drug-likeness (QED) is 0.584. The average molecular weight is 240 g/mol. The zero-order valence-corrected chi connectivity index (χ0v) is 10.8. The highest BCUT2D eigenvalue weighted by molar-refractivity contribution is 7.99. The highest BCUT2D eigenvalue weighted by Crippen LogP contribution is 2.27. The smallest absolute Gasteiger partial charge is 0.129 e. The highest BCUT2D eigenvalue weighted by atomic mass is 32.2. The molecular weight excluding hydrogens is 220 g/mol. The van der Waals surface area contributed by atoms with Crippen molar-refractivity contribution >= 4 is 11.8 Å². The fraction of sp³-hybridized carbons (Fsp3) is 0.538. The third-order valence-electron chi connectivity index (χ3n) is 2.19. The second-order valence-corrected chi connectivity index (χ2v) is 5.25. The number of hydrogen-bond acceptors (Lipinski definition) is 3. The van der Waals surface area contributed by atoms with Gasteiger partial charge in [-0.15, -0.1) is 11.8 Å². The van der Waals surface area contributed by atoms with E-state index in [2.05, 4.69) is 13.8 Å². The number of benzene rings is 1. The molecule has 1 aromatic carbocycles. The number of ether oxygens (including phenoxy) is 1. The summed E-state index contributed by atoms with van der Waals surface area (Å²) in [6, 6.07) is 7.40. The highest BCUT2D eigenvalue weighted by Gasteiger charge is 2.00. The van der Waals surface area contributed by atoms with Crippen LogP contribution in [-0.2, 0) is 4.74 Å². The van der Waals surface area contributed by atoms with Gasteiger partial charge in [0.2, 0.25) is 0 Å². The van der Waals surface area contributed by atoms with Gasteiger partial charge in [-0.05, 0) is 24.5 Å². The van der Waals surface area contributed by atoms with Crippen LogP contribution in [0.3, 0.4) is 0 Å². The van der Waals surface area contributed by atoms with Gasteiger partial charge < -0.3 is 9.84 Å². The molecule has 1 N–H and O–H groups in total. The summed E-state index contributed by atoms with van der Waals surface area (Å²) in [6.45, 7) is 5.96. The molecule has 0 aliphatic rings. The number of thioether (sulfide) groups is 1. The number of aromatic hydroxyl groups is 1. The van der Waals surface area contributed by atoms with Gasteiger partial charge in [-0.3, -0.25) is 0 Å². The number of rotatable bonds is 7. The Morgan fingerprint density at radius 2 is 2.00 bits per heavy atom. The first-order valence-electron chi connectivity index (χ1n) is 5.68. The van der Waals surface area contributed by atoms with Crippen molar-refractivity contribution in [1.29, 1.82) is 0 Å². The molecule has 1 aromatic rings. The van der Waals surface area contributed by atoms with E-state index >= 15 is 0 Å². The van der Waals surface area contributed by atoms with Crippen molar-refractivity contribution in [3.05, 3.63) is 24.3 Å². The van der Waals surface area contributed by atoms with Crippen LogP contribution in [0.5, 0.6) is 5.75 Å². The van der Waals surface area contributed by atoms with Crippen LogP contribution in [0.25, 0.3) is 0 Å². The van der Waals surface area contributed by atoms with Gasteiger partial charge in [0.1, 0.15) is 5.75 Å². The van der Waals surface area contributed by atoms with Crippen LogP contribution in [0.1, 0.15) is 20.3 Å². The Labute approximate surface area is 102 Å². The van der Waals surface area contributed by atoms with Crippen LogP contribution in [0, 0.1) is 5.92 Å². The summed E-state index contributed by atoms with van der Waals surface area (Å²) in [6.07, 6.45) is 1.11. The Bertz CT molecular complexity index is 300. The molecule has 16 heavy (non-hydrogen) atoms. The summed E-state index contributed by atoms with van der Waals surface area (Å²) < 4.78 is 5.50. The normalized spacial score (nSPS) is 10.9. The fourth-order valence-corrected chi connectivity index (χ4v) is 2.02. The van der Waals surface area contributed by atoms with Gasteiger partial charge in [0.05, 0.1) is 6.61 Å². The van der Waals surface area contributed by atoms with E-state index in [0.717, 1.165) is 30.3 Å². The first kappa shape index (κ1) is 13.4. The number of hydrogen-bond donors (Lipinski definition) is 1. The summed E-state index contributed by atoms with van der Waals surface area (Å²) in [4.78, 5) is 0.926. The van der Waals surface area contributed by atoms with Gasteiger partial charge in [0, 0.05) is 17.3 Å². The molecule has 90 valence electrons. The topological polar surface area (TPSA) is 29.5 Å². The Hall–Kier alpha value is -0.670. The molecule has 0 amide bonds. The van der Waals surface area contributed by atoms with E-state index in [0.29, 0.717) is 11.7 Å². The fourth-order valence-electron chi connectivity index (χ4n) is 1.21. The van der Waals surface area contributed by atoms with Crippen molar-refractivity contribution < 1.29 is 9.84 Å². The maximum absolute atomic E-state index is 9.52. The van der Waals surface area contributed by atoms with Gasteiger partial charge >= 0.3 is 0 Å². The number of phenolic OH excluding ortho intramolecular Hbond substituents is 1. The minimum Gasteiger partial charge on any atom is -0.507 e. The number of phenols is 1. The third kappa shape index (κ3) is 5.42. The first-order valence-corrected chi connectivity index (χ1v) is 6.67. The lowest BCUT2D eigenvalue weighted by Crippen LogP contribution is -2.02. The van der Waals surface area contributed by atoms with Crippen molar-refractivity contribution in [2.75, 3.05) is 19.0 Å². The SMILES string of the molecule is CC(C)CCOCCSc1ccccc1O. The molecule has 0 fully saturated rings. The van der Waals surface area contributed by atoms with E-state index in [-0.39, 0.29) is 0 Å². The maximum Gasteiger partial charge on any atom is 0.129 e. The standard InChI is InChI=1S/C13H20O2S/c1-11(2)7-8-15-9-10-16-13-6-4-3-5-12(13)14/h3-6,11,14H,7-10H2,1-2H3. The Morgan fingerprint density at radius 3 is 2.69 bits per heavy atom. The molecule has 0 atom stereocenters. The van der Waals surface area contributed by atoms with E-state index < -0.39 is 0 Å². The zero-order chi connectivity index (χ0) is 11.8. The van der Waals surface area contributed by atoms with Gasteiger partial charge in [-0.25, -0.2) is 0 Å². The van der Waals surface area contributed by atoms with Crippen molar-refractivity contribution in [3.8, 4) is 5.75 Å². The molecule has 0 heterocycles. The zero-order valence-electron chi connectivity index (χ0n) is 9.98. The van der Waals surface area contributed by atoms with Gasteiger partial charge in [0.25, 0.3) is 0 Å². The van der Waals surface area contributed by atoms with Crippen molar-refractivity contribution in [2.24, 2.45) is 5.92 Å². The second-order valence-electron chi connectivity index (χ2n) is 4.11. The summed E-state index contributed by atoms with van der Waals surface area (Å²) in [5, 5.41) is 9.52. The van der Waals surface area contributed by atoms with Crippen LogP contribution < -0.4 is 0 Å². The van der Waals surface area contributed by atoms with Crippen LogP contribution in [0.4, 0.5) is 0 Å². The van der Waals surface area contributed by atoms with Crippen LogP contribution >= 0.6 is 11.8 Å². The molecule has 0 bridgehead atoms. The van der Waals surface area contributed by atoms with Gasteiger partial charge in [-0.2, -0.15) is 0 Å². The van der Waals surface area contributed by atoms with Crippen molar-refractivity contribution in [2.45, 2.75) is 25.2 Å². The van der Waals surface area contributed by atoms with E-state index in [1.807, 2.05) is 18.2 Å². The number of para-hydroxylation sites is 1. The summed E-state index contributed by atoms with van der Waals surface area (Å²) in [7, 11) is 0. The lowest BCUT2D eigenvalue weighted by molar-refractivity contribution is 0.138. The molecule has 0 aliphatic heterocycles. The van der Waals surface area contributed by atoms with Crippen LogP contribution in [-0.4, -0.2) is 24.1 Å². The Kier molecular flexibility index (Phi) is 6.34. The Morgan fingerprint density at radius 1 is 1.25 bits per heavy atom. The summed E-state index contributed by atoms with van der Waals surface area (Å²) in [5.41, 5.74) is 0. The van der Waals surface area contributed by atoms with Gasteiger partial charge in [0.15, 0.2) is 0 Å². The van der Waals surface area contributed by atoms with Gasteiger partial charge in [-0.1, -0.05) is 26.0 Å². The van der Waals surface area contributed by atoms with Crippen molar-refractivity contribution in [1.82, 2.24) is 0 Å². The monoisotopic (exact) mass is 240 g/mol. The van der Waals surface area contributed by atoms with E-state index in [4.69, 9.17) is 4.74 Å². The lowest BCUT2D eigenvalue weighted by Gasteiger charge is -2.06. The Balaban J connectivity index is 2.10. The molecule has 0 radical (unpaired) electrons. The second kappa shape index (κ2) is 7.58.